The van der Waals surface area contributed by atoms with Gasteiger partial charge in [0.05, 0.1) is 0 Å². The quantitative estimate of drug-likeness (QED) is 0.558. The van der Waals surface area contributed by atoms with Crippen molar-refractivity contribution in [3.05, 3.63) is 0 Å². The average molecular weight is 292 g/mol. The van der Waals surface area contributed by atoms with Crippen LogP contribution in [-0.2, 0) is 106 Å². The molecule has 6 heteroatoms. The molecule has 0 rings (SSSR count). The molecule has 0 spiro atoms. The second-order valence-electron chi connectivity index (χ2n) is 0. The molecule has 0 saturated carbocycles. The van der Waals surface area contributed by atoms with Gasteiger partial charge in [0.25, 0.3) is 0 Å². The first kappa shape index (κ1) is 60.1. The van der Waals surface area contributed by atoms with Crippen LogP contribution < -0.4 is 0 Å². The molecule has 2 N–H and O–H groups in total. The van der Waals surface area contributed by atoms with Gasteiger partial charge in [-0.05, 0) is 0 Å². The first-order chi connectivity index (χ1) is 0. The van der Waals surface area contributed by atoms with Crippen LogP contribution in [-0.4, -0.2) is 5.48 Å². The Hall–Kier alpha value is 3.22. The maximum absolute atomic E-state index is 0. The predicted octanol–water partition coefficient (Wildman–Crippen LogP) is -0.837. The smallest absolute Gasteiger partial charge is 2.00 e. The molecular weight excluding hydrogens is 290 g/mol. The van der Waals surface area contributed by atoms with Crippen LogP contribution in [0.3, 0.4) is 0 Å². The Kier molecular flexibility index (Phi) is 414. The maximum atomic E-state index is 0. The normalized spacial score (nSPS) is 0. The van der Waals surface area contributed by atoms with Gasteiger partial charge in [-0.3, -0.25) is 0 Å². The molecule has 0 aliphatic carbocycles. The Labute approximate surface area is 109 Å². The molecule has 0 aromatic carbocycles. The van der Waals surface area contributed by atoms with Crippen molar-refractivity contribution in [3.8, 4) is 0 Å². The van der Waals surface area contributed by atoms with Gasteiger partial charge in [-0.2, -0.15) is 0 Å². The summed E-state index contributed by atoms with van der Waals surface area (Å²) >= 11 is 0. The Morgan fingerprint density at radius 1 is 0.500 bits per heavy atom. The van der Waals surface area contributed by atoms with Gasteiger partial charge >= 0.3 is 65.4 Å². The van der Waals surface area contributed by atoms with Crippen molar-refractivity contribution in [2.45, 2.75) is 0 Å². The fourth-order valence-corrected chi connectivity index (χ4v) is 0. The molecular formula is H2OS3Y2. The van der Waals surface area contributed by atoms with Gasteiger partial charge in [0.1, 0.15) is 0 Å². The molecule has 0 unspecified atom stereocenters. The number of rotatable bonds is 0. The summed E-state index contributed by atoms with van der Waals surface area (Å²) in [6, 6.07) is 0. The van der Waals surface area contributed by atoms with Crippen molar-refractivity contribution in [2.24, 2.45) is 0 Å². The van der Waals surface area contributed by atoms with E-state index < -0.39 is 0 Å². The third kappa shape index (κ3) is 27.0. The molecule has 0 saturated heterocycles. The van der Waals surface area contributed by atoms with Crippen LogP contribution in [0, 0.1) is 0 Å². The maximum Gasteiger partial charge on any atom is 3.00 e. The number of hydrogen-bond donors (Lipinski definition) is 0. The third-order valence-corrected chi connectivity index (χ3v) is 0. The van der Waals surface area contributed by atoms with E-state index in [0.717, 1.165) is 0 Å². The van der Waals surface area contributed by atoms with Gasteiger partial charge in [-0.15, -0.1) is 0 Å². The summed E-state index contributed by atoms with van der Waals surface area (Å²) in [7, 11) is 0. The van der Waals surface area contributed by atoms with Crippen LogP contribution in [0.1, 0.15) is 0 Å². The van der Waals surface area contributed by atoms with Gasteiger partial charge < -0.3 is 46.0 Å². The monoisotopic (exact) mass is 292 g/mol. The molecule has 6 heavy (non-hydrogen) atoms. The van der Waals surface area contributed by atoms with Crippen LogP contribution in [0.5, 0.6) is 0 Å². The standard InChI is InChI=1S/H2O.3S.2Y/h1H2;;;;;/q;3*-2;2*+3. The molecule has 0 heterocycles. The van der Waals surface area contributed by atoms with Crippen LogP contribution >= 0.6 is 0 Å². The van der Waals surface area contributed by atoms with Gasteiger partial charge in [-0.25, -0.2) is 0 Å². The van der Waals surface area contributed by atoms with E-state index in [1.54, 1.807) is 0 Å². The van der Waals surface area contributed by atoms with E-state index in [2.05, 4.69) is 0 Å². The second kappa shape index (κ2) is 41.3. The van der Waals surface area contributed by atoms with Gasteiger partial charge in [0.2, 0.25) is 0 Å². The summed E-state index contributed by atoms with van der Waals surface area (Å²) in [5, 5.41) is 0. The van der Waals surface area contributed by atoms with Crippen molar-refractivity contribution in [3.63, 3.8) is 0 Å². The average Bonchev–Trinajstić information content (AvgIpc) is 0. The van der Waals surface area contributed by atoms with E-state index in [4.69, 9.17) is 0 Å². The zero-order chi connectivity index (χ0) is 0. The fourth-order valence-electron chi connectivity index (χ4n) is 0. The molecule has 0 amide bonds. The Bertz CT molecular complexity index is 8.75. The van der Waals surface area contributed by atoms with E-state index in [9.17, 15) is 0 Å². The summed E-state index contributed by atoms with van der Waals surface area (Å²) in [4.78, 5) is 0. The van der Waals surface area contributed by atoms with Crippen LogP contribution in [0.4, 0.5) is 0 Å². The van der Waals surface area contributed by atoms with Crippen LogP contribution in [0.25, 0.3) is 0 Å². The van der Waals surface area contributed by atoms with E-state index in [1.807, 2.05) is 0 Å². The van der Waals surface area contributed by atoms with Crippen molar-refractivity contribution in [2.75, 3.05) is 0 Å². The molecule has 0 radical (unpaired) electrons. The zero-order valence-electron chi connectivity index (χ0n) is 2.88. The van der Waals surface area contributed by atoms with Crippen LogP contribution in [0.2, 0.25) is 0 Å². The van der Waals surface area contributed by atoms with E-state index in [0.29, 0.717) is 0 Å². The van der Waals surface area contributed by atoms with E-state index >= 15 is 0 Å². The largest absolute Gasteiger partial charge is 3.00 e. The molecule has 0 bridgehead atoms. The van der Waals surface area contributed by atoms with Crippen molar-refractivity contribution in [1.29, 1.82) is 0 Å². The van der Waals surface area contributed by atoms with E-state index in [-0.39, 0.29) is 111 Å². The van der Waals surface area contributed by atoms with E-state index in [1.165, 1.54) is 0 Å². The molecule has 32 valence electrons. The summed E-state index contributed by atoms with van der Waals surface area (Å²) in [5.74, 6) is 0. The summed E-state index contributed by atoms with van der Waals surface area (Å²) in [6.07, 6.45) is 0. The van der Waals surface area contributed by atoms with Gasteiger partial charge in [-0.1, -0.05) is 0 Å². The third-order valence-electron chi connectivity index (χ3n) is 0. The Morgan fingerprint density at radius 2 is 0.500 bits per heavy atom. The van der Waals surface area contributed by atoms with Crippen molar-refractivity contribution in [1.82, 2.24) is 0 Å². The molecule has 0 aromatic heterocycles. The molecule has 0 fully saturated rings. The first-order valence-electron chi connectivity index (χ1n) is 0. The minimum atomic E-state index is 0. The summed E-state index contributed by atoms with van der Waals surface area (Å²) in [6.45, 7) is 0. The second-order valence-corrected chi connectivity index (χ2v) is 0. The minimum absolute atomic E-state index is 0. The van der Waals surface area contributed by atoms with Gasteiger partial charge in [0.15, 0.2) is 0 Å². The molecule has 0 aromatic rings. The summed E-state index contributed by atoms with van der Waals surface area (Å²) in [5.41, 5.74) is 0. The molecule has 0 aliphatic rings. The predicted molar refractivity (Wildman–Crippen MR) is 25.7 cm³/mol. The topological polar surface area (TPSA) is 31.5 Å². The van der Waals surface area contributed by atoms with Crippen LogP contribution in [0.15, 0.2) is 0 Å². The van der Waals surface area contributed by atoms with Crippen molar-refractivity contribution >= 4 is 40.5 Å². The molecule has 0 atom stereocenters. The molecule has 1 nitrogen and oxygen atoms in total. The van der Waals surface area contributed by atoms with Crippen molar-refractivity contribution < 1.29 is 70.9 Å². The SMILES string of the molecule is O.[S-2].[S-2].[S-2].[Y+3].[Y+3]. The fraction of sp³-hybridized carbons (Fsp3) is 0. The first-order valence-corrected chi connectivity index (χ1v) is 0. The Balaban J connectivity index is 0. The zero-order valence-corrected chi connectivity index (χ0v) is 11.0. The minimum Gasteiger partial charge on any atom is -2.00 e. The van der Waals surface area contributed by atoms with Gasteiger partial charge in [0, 0.05) is 0 Å². The Morgan fingerprint density at radius 3 is 0.500 bits per heavy atom. The summed E-state index contributed by atoms with van der Waals surface area (Å²) < 4.78 is 0. The molecule has 0 aliphatic heterocycles. The number of hydrogen-bond acceptors (Lipinski definition) is 0.